The van der Waals surface area contributed by atoms with Crippen molar-refractivity contribution in [3.05, 3.63) is 88.5 Å². The Kier molecular flexibility index (Phi) is 6.67. The Balaban J connectivity index is 1.86. The van der Waals surface area contributed by atoms with Crippen LogP contribution in [0.3, 0.4) is 0 Å². The Morgan fingerprint density at radius 1 is 0.938 bits per heavy atom. The zero-order valence-electron chi connectivity index (χ0n) is 17.1. The van der Waals surface area contributed by atoms with Crippen molar-refractivity contribution in [3.63, 3.8) is 0 Å². The van der Waals surface area contributed by atoms with Gasteiger partial charge in [-0.15, -0.1) is 12.6 Å². The zero-order valence-corrected chi connectivity index (χ0v) is 18.0. The first-order valence-electron chi connectivity index (χ1n) is 10.2. The number of hydrogen-bond donors (Lipinski definition) is 5. The van der Waals surface area contributed by atoms with Gasteiger partial charge in [-0.3, -0.25) is 0 Å². The second-order valence-electron chi connectivity index (χ2n) is 7.74. The molecule has 0 radical (unpaired) electrons. The molecule has 32 heavy (non-hydrogen) atoms. The van der Waals surface area contributed by atoms with Crippen LogP contribution in [-0.2, 0) is 4.74 Å². The van der Waals surface area contributed by atoms with E-state index in [0.717, 1.165) is 11.1 Å². The fourth-order valence-corrected chi connectivity index (χ4v) is 4.56. The van der Waals surface area contributed by atoms with Gasteiger partial charge in [0, 0.05) is 11.6 Å². The van der Waals surface area contributed by atoms with Gasteiger partial charge < -0.3 is 30.1 Å². The van der Waals surface area contributed by atoms with Crippen molar-refractivity contribution in [3.8, 4) is 6.07 Å². The molecule has 8 heteroatoms. The van der Waals surface area contributed by atoms with Crippen molar-refractivity contribution >= 4 is 18.3 Å². The first-order chi connectivity index (χ1) is 15.5. The first-order valence-corrected chi connectivity index (χ1v) is 10.7. The third-order valence-electron chi connectivity index (χ3n) is 5.83. The van der Waals surface area contributed by atoms with Gasteiger partial charge in [0.15, 0.2) is 6.23 Å². The third kappa shape index (κ3) is 3.95. The molecule has 0 aliphatic carbocycles. The van der Waals surface area contributed by atoms with Crippen LogP contribution in [0, 0.1) is 11.3 Å². The minimum Gasteiger partial charge on any atom is -0.394 e. The smallest absolute Gasteiger partial charge is 0.164 e. The Morgan fingerprint density at radius 2 is 1.56 bits per heavy atom. The van der Waals surface area contributed by atoms with E-state index in [-0.39, 0.29) is 10.9 Å². The largest absolute Gasteiger partial charge is 0.394 e. The molecule has 2 aliphatic heterocycles. The number of benzene rings is 2. The lowest BCUT2D eigenvalue weighted by molar-refractivity contribution is -0.252. The Morgan fingerprint density at radius 3 is 2.16 bits per heavy atom. The molecule has 6 atom stereocenters. The summed E-state index contributed by atoms with van der Waals surface area (Å²) in [6.07, 6.45) is -4.94. The highest BCUT2D eigenvalue weighted by molar-refractivity contribution is 7.84. The quantitative estimate of drug-likeness (QED) is 0.447. The van der Waals surface area contributed by atoms with E-state index in [9.17, 15) is 25.7 Å². The molecule has 0 amide bonds. The number of nitriles is 1. The van der Waals surface area contributed by atoms with E-state index in [4.69, 9.17) is 4.74 Å². The van der Waals surface area contributed by atoms with E-state index in [0.29, 0.717) is 11.3 Å². The molecule has 0 bridgehead atoms. The lowest BCUT2D eigenvalue weighted by Gasteiger charge is -2.47. The molecule has 0 unspecified atom stereocenters. The predicted octanol–water partition coefficient (Wildman–Crippen LogP) is 1.59. The standard InChI is InChI=1S/C24H24N2O5S/c25-12-17-16(14-7-3-1-4-8-14)11-18(15-9-5-2-6-10-15)26(24(17)32)23-22(30)21(29)20(28)19(13-27)31-23/h1-11,16,19-23,27-30,32H,13H2/t16-,19-,20+,21+,22+,23+/m0/s1. The lowest BCUT2D eigenvalue weighted by Crippen LogP contribution is -2.62. The van der Waals surface area contributed by atoms with Crippen LogP contribution in [0.5, 0.6) is 0 Å². The van der Waals surface area contributed by atoms with Gasteiger partial charge in [-0.1, -0.05) is 60.7 Å². The molecule has 0 saturated carbocycles. The topological polar surface area (TPSA) is 117 Å². The van der Waals surface area contributed by atoms with E-state index >= 15 is 0 Å². The van der Waals surface area contributed by atoms with Crippen molar-refractivity contribution < 1.29 is 25.2 Å². The molecule has 0 aromatic heterocycles. The maximum Gasteiger partial charge on any atom is 0.164 e. The van der Waals surface area contributed by atoms with Gasteiger partial charge in [0.1, 0.15) is 24.4 Å². The summed E-state index contributed by atoms with van der Waals surface area (Å²) in [5.41, 5.74) is 2.65. The molecule has 0 spiro atoms. The molecule has 2 aromatic carbocycles. The first kappa shape index (κ1) is 22.6. The van der Waals surface area contributed by atoms with Crippen LogP contribution >= 0.6 is 12.6 Å². The average molecular weight is 453 g/mol. The summed E-state index contributed by atoms with van der Waals surface area (Å²) in [6.45, 7) is -0.553. The summed E-state index contributed by atoms with van der Waals surface area (Å²) < 4.78 is 5.81. The van der Waals surface area contributed by atoms with Gasteiger partial charge >= 0.3 is 0 Å². The zero-order chi connectivity index (χ0) is 22.8. The van der Waals surface area contributed by atoms with Crippen molar-refractivity contribution in [1.29, 1.82) is 5.26 Å². The van der Waals surface area contributed by atoms with Crippen LogP contribution in [0.1, 0.15) is 17.0 Å². The highest BCUT2D eigenvalue weighted by atomic mass is 32.1. The number of ether oxygens (including phenoxy) is 1. The van der Waals surface area contributed by atoms with E-state index in [1.807, 2.05) is 66.7 Å². The summed E-state index contributed by atoms with van der Waals surface area (Å²) in [4.78, 5) is 1.54. The lowest BCUT2D eigenvalue weighted by atomic mass is 9.87. The molecule has 2 aliphatic rings. The average Bonchev–Trinajstić information content (AvgIpc) is 2.84. The molecule has 1 fully saturated rings. The maximum atomic E-state index is 10.8. The fraction of sp³-hybridized carbons (Fsp3) is 0.292. The maximum absolute atomic E-state index is 10.8. The van der Waals surface area contributed by atoms with Gasteiger partial charge in [0.25, 0.3) is 0 Å². The number of rotatable bonds is 4. The fourth-order valence-electron chi connectivity index (χ4n) is 4.14. The van der Waals surface area contributed by atoms with Gasteiger partial charge in [-0.05, 0) is 17.2 Å². The molecule has 166 valence electrons. The second kappa shape index (κ2) is 9.46. The summed E-state index contributed by atoms with van der Waals surface area (Å²) in [5.74, 6) is -0.384. The molecular formula is C24H24N2O5S. The minimum atomic E-state index is -1.55. The molecule has 4 rings (SSSR count). The molecule has 2 aromatic rings. The van der Waals surface area contributed by atoms with Crippen LogP contribution in [0.15, 0.2) is 77.3 Å². The highest BCUT2D eigenvalue weighted by Crippen LogP contribution is 2.44. The Labute approximate surface area is 191 Å². The van der Waals surface area contributed by atoms with E-state index < -0.39 is 37.3 Å². The number of hydrogen-bond acceptors (Lipinski definition) is 8. The van der Waals surface area contributed by atoms with Gasteiger partial charge in [-0.25, -0.2) is 0 Å². The highest BCUT2D eigenvalue weighted by Gasteiger charge is 2.48. The minimum absolute atomic E-state index is 0.257. The van der Waals surface area contributed by atoms with Crippen LogP contribution in [-0.4, -0.2) is 62.6 Å². The molecule has 1 saturated heterocycles. The van der Waals surface area contributed by atoms with Gasteiger partial charge in [0.2, 0.25) is 0 Å². The molecule has 4 N–H and O–H groups in total. The van der Waals surface area contributed by atoms with Crippen LogP contribution < -0.4 is 0 Å². The van der Waals surface area contributed by atoms with Crippen molar-refractivity contribution in [2.24, 2.45) is 0 Å². The summed E-state index contributed by atoms with van der Waals surface area (Å²) in [7, 11) is 0. The molecule has 2 heterocycles. The molecule has 7 nitrogen and oxygen atoms in total. The SMILES string of the molecule is N#CC1=C(S)N([C@@H]2O[C@@H](CO)[C@@H](O)[C@@H](O)[C@H]2O)C(c2ccccc2)=C[C@H]1c1ccccc1. The third-order valence-corrected chi connectivity index (χ3v) is 6.29. The van der Waals surface area contributed by atoms with Gasteiger partial charge in [0.05, 0.1) is 23.3 Å². The van der Waals surface area contributed by atoms with Crippen LogP contribution in [0.25, 0.3) is 5.70 Å². The Bertz CT molecular complexity index is 1050. The summed E-state index contributed by atoms with van der Waals surface area (Å²) in [6, 6.07) is 21.1. The monoisotopic (exact) mass is 452 g/mol. The van der Waals surface area contributed by atoms with Crippen molar-refractivity contribution in [2.45, 2.75) is 36.6 Å². The Hall–Kier alpha value is -2.64. The van der Waals surface area contributed by atoms with Crippen LogP contribution in [0.2, 0.25) is 0 Å². The number of aliphatic hydroxyl groups is 4. The van der Waals surface area contributed by atoms with E-state index in [1.54, 1.807) is 4.90 Å². The van der Waals surface area contributed by atoms with E-state index in [2.05, 4.69) is 18.7 Å². The number of nitrogens with zero attached hydrogens (tertiary/aromatic N) is 2. The second-order valence-corrected chi connectivity index (χ2v) is 8.17. The van der Waals surface area contributed by atoms with Crippen molar-refractivity contribution in [2.75, 3.05) is 6.61 Å². The number of thiol groups is 1. The molecular weight excluding hydrogens is 428 g/mol. The van der Waals surface area contributed by atoms with Gasteiger partial charge in [-0.2, -0.15) is 5.26 Å². The number of allylic oxidation sites excluding steroid dienone is 2. The normalized spacial score (nSPS) is 30.6. The predicted molar refractivity (Wildman–Crippen MR) is 121 cm³/mol. The summed E-state index contributed by atoms with van der Waals surface area (Å²) >= 11 is 4.66. The van der Waals surface area contributed by atoms with Crippen LogP contribution in [0.4, 0.5) is 0 Å². The van der Waals surface area contributed by atoms with E-state index in [1.165, 1.54) is 0 Å². The van der Waals surface area contributed by atoms with Crippen molar-refractivity contribution in [1.82, 2.24) is 4.90 Å². The summed E-state index contributed by atoms with van der Waals surface area (Å²) in [5, 5.41) is 51.2. The number of aliphatic hydroxyl groups excluding tert-OH is 4.